The monoisotopic (exact) mass is 314 g/mol. The van der Waals surface area contributed by atoms with Crippen molar-refractivity contribution in [2.75, 3.05) is 14.1 Å². The van der Waals surface area contributed by atoms with Crippen molar-refractivity contribution in [3.05, 3.63) is 22.6 Å². The van der Waals surface area contributed by atoms with Gasteiger partial charge in [0.15, 0.2) is 4.67 Å². The number of amides is 1. The smallest absolute Gasteiger partial charge is 0.258 e. The lowest BCUT2D eigenvalue weighted by Gasteiger charge is -2.34. The second-order valence-electron chi connectivity index (χ2n) is 4.82. The molecule has 1 amide bonds. The molecule has 0 radical (unpaired) electrons. The zero-order valence-corrected chi connectivity index (χ0v) is 12.4. The van der Waals surface area contributed by atoms with Gasteiger partial charge in [-0.1, -0.05) is 0 Å². The van der Waals surface area contributed by atoms with Gasteiger partial charge >= 0.3 is 0 Å². The van der Waals surface area contributed by atoms with Crippen molar-refractivity contribution in [1.82, 2.24) is 10.2 Å². The molecule has 0 spiro atoms. The summed E-state index contributed by atoms with van der Waals surface area (Å²) in [7, 11) is 3.88. The molecule has 0 aromatic carbocycles. The molecule has 0 saturated heterocycles. The lowest BCUT2D eigenvalue weighted by atomic mass is 9.90. The number of furan rings is 1. The zero-order valence-electron chi connectivity index (χ0n) is 10.8. The average molecular weight is 315 g/mol. The van der Waals surface area contributed by atoms with E-state index in [0.717, 1.165) is 25.7 Å². The van der Waals surface area contributed by atoms with E-state index in [0.29, 0.717) is 22.3 Å². The number of hydrogen-bond donors (Lipinski definition) is 1. The van der Waals surface area contributed by atoms with Crippen molar-refractivity contribution in [2.45, 2.75) is 37.8 Å². The highest BCUT2D eigenvalue weighted by molar-refractivity contribution is 9.10. The van der Waals surface area contributed by atoms with E-state index in [4.69, 9.17) is 4.42 Å². The standard InChI is InChI=1S/C13H19BrN2O2/c1-15-9-3-5-10(6-4-9)16(2)13(17)11-7-8-18-12(11)14/h7-10,15H,3-6H2,1-2H3. The van der Waals surface area contributed by atoms with Crippen molar-refractivity contribution < 1.29 is 9.21 Å². The fourth-order valence-corrected chi connectivity index (χ4v) is 2.96. The second kappa shape index (κ2) is 5.89. The van der Waals surface area contributed by atoms with Gasteiger partial charge in [0.05, 0.1) is 11.8 Å². The van der Waals surface area contributed by atoms with Crippen LogP contribution in [0.1, 0.15) is 36.0 Å². The fraction of sp³-hybridized carbons (Fsp3) is 0.615. The SMILES string of the molecule is CNC1CCC(N(C)C(=O)c2ccoc2Br)CC1. The Labute approximate surface area is 116 Å². The van der Waals surface area contributed by atoms with Crippen LogP contribution in [0.25, 0.3) is 0 Å². The Bertz CT molecular complexity index is 411. The van der Waals surface area contributed by atoms with Crippen molar-refractivity contribution in [1.29, 1.82) is 0 Å². The first-order valence-electron chi connectivity index (χ1n) is 6.31. The van der Waals surface area contributed by atoms with E-state index >= 15 is 0 Å². The van der Waals surface area contributed by atoms with E-state index in [9.17, 15) is 4.79 Å². The van der Waals surface area contributed by atoms with E-state index in [1.165, 1.54) is 6.26 Å². The minimum Gasteiger partial charge on any atom is -0.457 e. The molecule has 4 nitrogen and oxygen atoms in total. The summed E-state index contributed by atoms with van der Waals surface area (Å²) in [4.78, 5) is 14.1. The molecule has 1 aromatic rings. The largest absolute Gasteiger partial charge is 0.457 e. The molecule has 0 unspecified atom stereocenters. The van der Waals surface area contributed by atoms with Crippen LogP contribution < -0.4 is 5.32 Å². The van der Waals surface area contributed by atoms with Gasteiger partial charge in [-0.3, -0.25) is 4.79 Å². The molecular formula is C13H19BrN2O2. The number of rotatable bonds is 3. The number of halogens is 1. The fourth-order valence-electron chi connectivity index (χ4n) is 2.55. The highest BCUT2D eigenvalue weighted by atomic mass is 79.9. The zero-order chi connectivity index (χ0) is 13.1. The lowest BCUT2D eigenvalue weighted by molar-refractivity contribution is 0.0683. The molecule has 1 aliphatic rings. The van der Waals surface area contributed by atoms with Crippen LogP contribution in [-0.2, 0) is 0 Å². The first kappa shape index (κ1) is 13.6. The van der Waals surface area contributed by atoms with E-state index in [-0.39, 0.29) is 5.91 Å². The first-order chi connectivity index (χ1) is 8.63. The highest BCUT2D eigenvalue weighted by Gasteiger charge is 2.27. The van der Waals surface area contributed by atoms with Crippen molar-refractivity contribution in [2.24, 2.45) is 0 Å². The van der Waals surface area contributed by atoms with Gasteiger partial charge in [0.2, 0.25) is 0 Å². The van der Waals surface area contributed by atoms with Gasteiger partial charge in [0, 0.05) is 19.1 Å². The Morgan fingerprint density at radius 2 is 2.11 bits per heavy atom. The molecule has 1 aromatic heterocycles. The third kappa shape index (κ3) is 2.78. The third-order valence-corrected chi connectivity index (χ3v) is 4.44. The second-order valence-corrected chi connectivity index (χ2v) is 5.54. The summed E-state index contributed by atoms with van der Waals surface area (Å²) in [6.45, 7) is 0. The van der Waals surface area contributed by atoms with Crippen molar-refractivity contribution in [3.63, 3.8) is 0 Å². The molecular weight excluding hydrogens is 296 g/mol. The van der Waals surface area contributed by atoms with E-state index in [1.807, 2.05) is 19.0 Å². The van der Waals surface area contributed by atoms with Gasteiger partial charge in [-0.2, -0.15) is 0 Å². The Morgan fingerprint density at radius 3 is 2.61 bits per heavy atom. The van der Waals surface area contributed by atoms with Crippen LogP contribution >= 0.6 is 15.9 Å². The van der Waals surface area contributed by atoms with Crippen LogP contribution in [0, 0.1) is 0 Å². The molecule has 1 saturated carbocycles. The first-order valence-corrected chi connectivity index (χ1v) is 7.10. The van der Waals surface area contributed by atoms with Crippen LogP contribution in [0.3, 0.4) is 0 Å². The highest BCUT2D eigenvalue weighted by Crippen LogP contribution is 2.25. The van der Waals surface area contributed by atoms with E-state index < -0.39 is 0 Å². The predicted octanol–water partition coefficient (Wildman–Crippen LogP) is 2.64. The normalized spacial score (nSPS) is 23.9. The Hall–Kier alpha value is -0.810. The number of carbonyl (C=O) groups is 1. The van der Waals surface area contributed by atoms with Crippen LogP contribution in [0.4, 0.5) is 0 Å². The Morgan fingerprint density at radius 1 is 1.44 bits per heavy atom. The van der Waals surface area contributed by atoms with Gasteiger partial charge in [-0.05, 0) is 54.7 Å². The van der Waals surface area contributed by atoms with Gasteiger partial charge < -0.3 is 14.6 Å². The quantitative estimate of drug-likeness (QED) is 0.933. The molecule has 0 atom stereocenters. The van der Waals surface area contributed by atoms with Crippen LogP contribution in [0.5, 0.6) is 0 Å². The maximum absolute atomic E-state index is 12.3. The summed E-state index contributed by atoms with van der Waals surface area (Å²) in [5, 5.41) is 3.30. The molecule has 18 heavy (non-hydrogen) atoms. The molecule has 0 bridgehead atoms. The third-order valence-electron chi connectivity index (χ3n) is 3.82. The van der Waals surface area contributed by atoms with E-state index in [1.54, 1.807) is 6.07 Å². The Kier molecular flexibility index (Phi) is 4.45. The molecule has 0 aliphatic heterocycles. The number of hydrogen-bond acceptors (Lipinski definition) is 3. The summed E-state index contributed by atoms with van der Waals surface area (Å²) in [6, 6.07) is 2.65. The molecule has 5 heteroatoms. The van der Waals surface area contributed by atoms with Crippen LogP contribution in [0.15, 0.2) is 21.4 Å². The van der Waals surface area contributed by atoms with Crippen molar-refractivity contribution >= 4 is 21.8 Å². The van der Waals surface area contributed by atoms with Gasteiger partial charge in [-0.15, -0.1) is 0 Å². The average Bonchev–Trinajstić information content (AvgIpc) is 2.83. The van der Waals surface area contributed by atoms with Gasteiger partial charge in [-0.25, -0.2) is 0 Å². The van der Waals surface area contributed by atoms with E-state index in [2.05, 4.69) is 21.2 Å². The number of nitrogens with zero attached hydrogens (tertiary/aromatic N) is 1. The minimum atomic E-state index is 0.0310. The minimum absolute atomic E-state index is 0.0310. The van der Waals surface area contributed by atoms with Gasteiger partial charge in [0.1, 0.15) is 0 Å². The molecule has 1 aliphatic carbocycles. The summed E-state index contributed by atoms with van der Waals surface area (Å²) in [5.74, 6) is 0.0310. The van der Waals surface area contributed by atoms with Gasteiger partial charge in [0.25, 0.3) is 5.91 Å². The summed E-state index contributed by atoms with van der Waals surface area (Å²) in [5.41, 5.74) is 0.605. The van der Waals surface area contributed by atoms with Crippen molar-refractivity contribution in [3.8, 4) is 0 Å². The maximum Gasteiger partial charge on any atom is 0.258 e. The summed E-state index contributed by atoms with van der Waals surface area (Å²) in [6.07, 6.45) is 5.91. The molecule has 100 valence electrons. The maximum atomic E-state index is 12.3. The molecule has 1 fully saturated rings. The molecule has 1 heterocycles. The Balaban J connectivity index is 1.98. The number of nitrogens with one attached hydrogen (secondary N) is 1. The molecule has 1 N–H and O–H groups in total. The summed E-state index contributed by atoms with van der Waals surface area (Å²) < 4.78 is 5.63. The summed E-state index contributed by atoms with van der Waals surface area (Å²) >= 11 is 3.26. The van der Waals surface area contributed by atoms with Crippen LogP contribution in [0.2, 0.25) is 0 Å². The predicted molar refractivity (Wildman–Crippen MR) is 73.6 cm³/mol. The molecule has 2 rings (SSSR count). The topological polar surface area (TPSA) is 45.5 Å². The van der Waals surface area contributed by atoms with Crippen LogP contribution in [-0.4, -0.2) is 37.0 Å². The lowest BCUT2D eigenvalue weighted by Crippen LogP contribution is -2.42. The number of carbonyl (C=O) groups excluding carboxylic acids is 1.